The van der Waals surface area contributed by atoms with Gasteiger partial charge in [-0.3, -0.25) is 4.79 Å². The Balaban J connectivity index is 1.88. The second-order valence-electron chi connectivity index (χ2n) is 7.20. The minimum absolute atomic E-state index is 0.179. The van der Waals surface area contributed by atoms with Crippen molar-refractivity contribution >= 4 is 23.2 Å². The van der Waals surface area contributed by atoms with Gasteiger partial charge in [-0.25, -0.2) is 9.98 Å². The van der Waals surface area contributed by atoms with E-state index in [9.17, 15) is 4.79 Å². The van der Waals surface area contributed by atoms with Crippen LogP contribution in [0.4, 0.5) is 0 Å². The Bertz CT molecular complexity index is 611. The van der Waals surface area contributed by atoms with E-state index in [-0.39, 0.29) is 5.92 Å². The van der Waals surface area contributed by atoms with Crippen molar-refractivity contribution in [1.29, 1.82) is 0 Å². The minimum Gasteiger partial charge on any atom is -0.357 e. The standard InChI is InChI=1S/C20H35N5OS/c1-6-16(7-2)19(26)25-11-9-17(10-12-25)24-20(21-8-3)22-13-18-23-14(4)15(5)27-18/h16-17H,6-13H2,1-5H3,(H2,21,22,24). The maximum Gasteiger partial charge on any atom is 0.225 e. The number of nitrogens with zero attached hydrogens (tertiary/aromatic N) is 3. The first-order valence-electron chi connectivity index (χ1n) is 10.2. The van der Waals surface area contributed by atoms with Crippen LogP contribution in [0.5, 0.6) is 0 Å². The summed E-state index contributed by atoms with van der Waals surface area (Å²) in [5.41, 5.74) is 1.10. The maximum atomic E-state index is 12.5. The molecule has 0 spiro atoms. The molecule has 1 amide bonds. The van der Waals surface area contributed by atoms with Gasteiger partial charge < -0.3 is 15.5 Å². The predicted octanol–water partition coefficient (Wildman–Crippen LogP) is 3.24. The monoisotopic (exact) mass is 393 g/mol. The van der Waals surface area contributed by atoms with Gasteiger partial charge in [-0.2, -0.15) is 0 Å². The number of amides is 1. The fraction of sp³-hybridized carbons (Fsp3) is 0.750. The SMILES string of the molecule is CCNC(=NCc1nc(C)c(C)s1)NC1CCN(C(=O)C(CC)CC)CC1. The molecule has 0 radical (unpaired) electrons. The number of thiazole rings is 1. The number of guanidine groups is 1. The van der Waals surface area contributed by atoms with Crippen molar-refractivity contribution in [2.24, 2.45) is 10.9 Å². The molecule has 1 aliphatic rings. The summed E-state index contributed by atoms with van der Waals surface area (Å²) < 4.78 is 0. The van der Waals surface area contributed by atoms with Gasteiger partial charge in [0.25, 0.3) is 0 Å². The summed E-state index contributed by atoms with van der Waals surface area (Å²) in [5.74, 6) is 1.35. The van der Waals surface area contributed by atoms with Gasteiger partial charge in [0.2, 0.25) is 5.91 Å². The minimum atomic E-state index is 0.179. The molecule has 2 heterocycles. The molecule has 0 atom stereocenters. The number of nitrogens with one attached hydrogen (secondary N) is 2. The molecule has 1 aliphatic heterocycles. The molecule has 152 valence electrons. The van der Waals surface area contributed by atoms with Crippen molar-refractivity contribution in [1.82, 2.24) is 20.5 Å². The Hall–Kier alpha value is -1.63. The topological polar surface area (TPSA) is 69.6 Å². The van der Waals surface area contributed by atoms with Gasteiger partial charge in [-0.15, -0.1) is 11.3 Å². The van der Waals surface area contributed by atoms with Crippen LogP contribution in [-0.4, -0.2) is 47.4 Å². The molecule has 6 nitrogen and oxygen atoms in total. The van der Waals surface area contributed by atoms with Crippen LogP contribution in [0.2, 0.25) is 0 Å². The molecule has 2 N–H and O–H groups in total. The third-order valence-electron chi connectivity index (χ3n) is 5.27. The second-order valence-corrected chi connectivity index (χ2v) is 8.49. The van der Waals surface area contributed by atoms with E-state index in [0.717, 1.165) is 62.0 Å². The van der Waals surface area contributed by atoms with Gasteiger partial charge in [0.15, 0.2) is 5.96 Å². The molecule has 0 aromatic carbocycles. The third-order valence-corrected chi connectivity index (χ3v) is 6.33. The Morgan fingerprint density at radius 1 is 1.26 bits per heavy atom. The lowest BCUT2D eigenvalue weighted by Crippen LogP contribution is -2.50. The molecule has 27 heavy (non-hydrogen) atoms. The smallest absolute Gasteiger partial charge is 0.225 e. The molecule has 2 rings (SSSR count). The first-order valence-corrected chi connectivity index (χ1v) is 11.1. The predicted molar refractivity (Wildman–Crippen MR) is 113 cm³/mol. The van der Waals surface area contributed by atoms with Crippen molar-refractivity contribution in [3.8, 4) is 0 Å². The lowest BCUT2D eigenvalue weighted by Gasteiger charge is -2.34. The van der Waals surface area contributed by atoms with E-state index >= 15 is 0 Å². The number of hydrogen-bond acceptors (Lipinski definition) is 4. The van der Waals surface area contributed by atoms with E-state index in [4.69, 9.17) is 4.99 Å². The van der Waals surface area contributed by atoms with Crippen LogP contribution in [0.1, 0.15) is 62.0 Å². The Kier molecular flexibility index (Phi) is 8.54. The van der Waals surface area contributed by atoms with Crippen molar-refractivity contribution in [3.05, 3.63) is 15.6 Å². The number of aliphatic imine (C=N–C) groups is 1. The highest BCUT2D eigenvalue weighted by Gasteiger charge is 2.26. The lowest BCUT2D eigenvalue weighted by atomic mass is 9.98. The summed E-state index contributed by atoms with van der Waals surface area (Å²) in [7, 11) is 0. The van der Waals surface area contributed by atoms with E-state index < -0.39 is 0 Å². The Labute approximate surface area is 167 Å². The van der Waals surface area contributed by atoms with Crippen LogP contribution in [0.25, 0.3) is 0 Å². The highest BCUT2D eigenvalue weighted by molar-refractivity contribution is 7.11. The Morgan fingerprint density at radius 2 is 1.93 bits per heavy atom. The van der Waals surface area contributed by atoms with Crippen LogP contribution < -0.4 is 10.6 Å². The molecule has 1 saturated heterocycles. The van der Waals surface area contributed by atoms with E-state index in [0.29, 0.717) is 18.5 Å². The molecule has 0 unspecified atom stereocenters. The fourth-order valence-corrected chi connectivity index (χ4v) is 4.27. The van der Waals surface area contributed by atoms with E-state index in [1.165, 1.54) is 4.88 Å². The molecular weight excluding hydrogens is 358 g/mol. The average Bonchev–Trinajstić information content (AvgIpc) is 2.99. The van der Waals surface area contributed by atoms with Crippen molar-refractivity contribution in [3.63, 3.8) is 0 Å². The van der Waals surface area contributed by atoms with Crippen LogP contribution in [0.3, 0.4) is 0 Å². The number of carbonyl (C=O) groups is 1. The quantitative estimate of drug-likeness (QED) is 0.551. The summed E-state index contributed by atoms with van der Waals surface area (Å²) in [5, 5.41) is 7.92. The van der Waals surface area contributed by atoms with Gasteiger partial charge in [-0.05, 0) is 46.5 Å². The summed E-state index contributed by atoms with van der Waals surface area (Å²) in [6.07, 6.45) is 3.79. The molecule has 0 saturated carbocycles. The number of hydrogen-bond donors (Lipinski definition) is 2. The summed E-state index contributed by atoms with van der Waals surface area (Å²) in [4.78, 5) is 25.1. The number of likely N-dealkylation sites (tertiary alicyclic amines) is 1. The van der Waals surface area contributed by atoms with E-state index in [1.54, 1.807) is 11.3 Å². The van der Waals surface area contributed by atoms with Crippen LogP contribution >= 0.6 is 11.3 Å². The normalized spacial score (nSPS) is 16.1. The Morgan fingerprint density at radius 3 is 2.44 bits per heavy atom. The van der Waals surface area contributed by atoms with Gasteiger partial charge in [0, 0.05) is 36.5 Å². The third kappa shape index (κ3) is 6.19. The molecule has 0 bridgehead atoms. The number of piperidine rings is 1. The van der Waals surface area contributed by atoms with Gasteiger partial charge in [-0.1, -0.05) is 13.8 Å². The second kappa shape index (κ2) is 10.6. The molecular formula is C20H35N5OS. The maximum absolute atomic E-state index is 12.5. The zero-order chi connectivity index (χ0) is 19.8. The lowest BCUT2D eigenvalue weighted by molar-refractivity contribution is -0.136. The average molecular weight is 394 g/mol. The number of rotatable bonds is 7. The van der Waals surface area contributed by atoms with Crippen molar-refractivity contribution < 1.29 is 4.79 Å². The van der Waals surface area contributed by atoms with Crippen LogP contribution in [0, 0.1) is 19.8 Å². The number of carbonyl (C=O) groups excluding carboxylic acids is 1. The zero-order valence-corrected chi connectivity index (χ0v) is 18.3. The number of aromatic nitrogens is 1. The van der Waals surface area contributed by atoms with Crippen molar-refractivity contribution in [2.45, 2.75) is 72.9 Å². The molecule has 1 aromatic heterocycles. The summed E-state index contributed by atoms with van der Waals surface area (Å²) in [6.45, 7) is 13.5. The summed E-state index contributed by atoms with van der Waals surface area (Å²) >= 11 is 1.71. The molecule has 0 aliphatic carbocycles. The molecule has 1 aromatic rings. The van der Waals surface area contributed by atoms with Gasteiger partial charge in [0.1, 0.15) is 5.01 Å². The van der Waals surface area contributed by atoms with Gasteiger partial charge >= 0.3 is 0 Å². The number of aryl methyl sites for hydroxylation is 2. The first-order chi connectivity index (χ1) is 13.0. The fourth-order valence-electron chi connectivity index (χ4n) is 3.41. The zero-order valence-electron chi connectivity index (χ0n) is 17.5. The van der Waals surface area contributed by atoms with E-state index in [1.807, 2.05) is 11.8 Å². The van der Waals surface area contributed by atoms with Crippen LogP contribution in [0.15, 0.2) is 4.99 Å². The highest BCUT2D eigenvalue weighted by Crippen LogP contribution is 2.18. The van der Waals surface area contributed by atoms with E-state index in [2.05, 4.69) is 43.3 Å². The first kappa shape index (κ1) is 21.7. The van der Waals surface area contributed by atoms with Crippen LogP contribution in [-0.2, 0) is 11.3 Å². The highest BCUT2D eigenvalue weighted by atomic mass is 32.1. The molecule has 7 heteroatoms. The van der Waals surface area contributed by atoms with Gasteiger partial charge in [0.05, 0.1) is 12.2 Å². The van der Waals surface area contributed by atoms with Crippen molar-refractivity contribution in [2.75, 3.05) is 19.6 Å². The molecule has 1 fully saturated rings. The largest absolute Gasteiger partial charge is 0.357 e. The summed E-state index contributed by atoms with van der Waals surface area (Å²) in [6, 6.07) is 0.355.